The zero-order valence-corrected chi connectivity index (χ0v) is 11.4. The van der Waals surface area contributed by atoms with Gasteiger partial charge in [-0.3, -0.25) is 4.90 Å². The van der Waals surface area contributed by atoms with Crippen molar-refractivity contribution in [2.75, 3.05) is 51.4 Å². The van der Waals surface area contributed by atoms with Gasteiger partial charge in [0.2, 0.25) is 6.79 Å². The van der Waals surface area contributed by atoms with E-state index in [1.165, 1.54) is 5.56 Å². The van der Waals surface area contributed by atoms with Crippen LogP contribution in [-0.4, -0.2) is 51.0 Å². The third-order valence-electron chi connectivity index (χ3n) is 3.67. The van der Waals surface area contributed by atoms with Crippen molar-refractivity contribution < 1.29 is 9.47 Å². The van der Waals surface area contributed by atoms with Gasteiger partial charge in [0.15, 0.2) is 11.5 Å². The van der Waals surface area contributed by atoms with E-state index in [0.717, 1.165) is 56.5 Å². The Balaban J connectivity index is 1.54. The standard InChI is InChI=1S/C14H21N3O2/c1-11-8-13-14(19-10-18-13)9-12(11)16-4-7-17-5-2-15-3-6-17/h8-9,15-16H,2-7,10H2,1H3. The highest BCUT2D eigenvalue weighted by Gasteiger charge is 2.15. The van der Waals surface area contributed by atoms with Gasteiger partial charge < -0.3 is 20.1 Å². The van der Waals surface area contributed by atoms with Crippen LogP contribution in [0.1, 0.15) is 5.56 Å². The van der Waals surface area contributed by atoms with Gasteiger partial charge in [-0.15, -0.1) is 0 Å². The summed E-state index contributed by atoms with van der Waals surface area (Å²) in [5.74, 6) is 1.69. The Labute approximate surface area is 113 Å². The third-order valence-corrected chi connectivity index (χ3v) is 3.67. The van der Waals surface area contributed by atoms with E-state index in [4.69, 9.17) is 9.47 Å². The molecule has 104 valence electrons. The lowest BCUT2D eigenvalue weighted by Gasteiger charge is -2.27. The summed E-state index contributed by atoms with van der Waals surface area (Å²) in [6, 6.07) is 4.07. The molecule has 0 spiro atoms. The SMILES string of the molecule is Cc1cc2c(cc1NCCN1CCNCC1)OCO2. The van der Waals surface area contributed by atoms with Gasteiger partial charge in [0.1, 0.15) is 0 Å². The first-order chi connectivity index (χ1) is 9.33. The molecule has 0 saturated carbocycles. The van der Waals surface area contributed by atoms with Crippen molar-refractivity contribution >= 4 is 5.69 Å². The Hall–Kier alpha value is -1.46. The molecule has 2 aliphatic heterocycles. The highest BCUT2D eigenvalue weighted by molar-refractivity contribution is 5.60. The molecule has 0 unspecified atom stereocenters. The number of ether oxygens (including phenoxy) is 2. The molecule has 0 radical (unpaired) electrons. The second-order valence-corrected chi connectivity index (χ2v) is 5.04. The molecule has 1 fully saturated rings. The third kappa shape index (κ3) is 2.93. The van der Waals surface area contributed by atoms with Crippen LogP contribution in [0.4, 0.5) is 5.69 Å². The summed E-state index contributed by atoms with van der Waals surface area (Å²) >= 11 is 0. The minimum atomic E-state index is 0.332. The number of hydrogen-bond acceptors (Lipinski definition) is 5. The lowest BCUT2D eigenvalue weighted by Crippen LogP contribution is -2.45. The molecule has 0 bridgehead atoms. The van der Waals surface area contributed by atoms with Crippen molar-refractivity contribution in [3.8, 4) is 11.5 Å². The summed E-state index contributed by atoms with van der Waals surface area (Å²) < 4.78 is 10.8. The topological polar surface area (TPSA) is 45.8 Å². The van der Waals surface area contributed by atoms with Gasteiger partial charge in [-0.2, -0.15) is 0 Å². The van der Waals surface area contributed by atoms with E-state index < -0.39 is 0 Å². The second-order valence-electron chi connectivity index (χ2n) is 5.04. The Bertz CT molecular complexity index is 445. The van der Waals surface area contributed by atoms with E-state index in [1.54, 1.807) is 0 Å². The second kappa shape index (κ2) is 5.67. The lowest BCUT2D eigenvalue weighted by atomic mass is 10.1. The predicted molar refractivity (Wildman–Crippen MR) is 75.1 cm³/mol. The first-order valence-corrected chi connectivity index (χ1v) is 6.90. The molecule has 3 rings (SSSR count). The fourth-order valence-electron chi connectivity index (χ4n) is 2.52. The number of rotatable bonds is 4. The summed E-state index contributed by atoms with van der Waals surface area (Å²) in [5, 5.41) is 6.86. The van der Waals surface area contributed by atoms with Crippen LogP contribution in [0.2, 0.25) is 0 Å². The molecular formula is C14H21N3O2. The molecular weight excluding hydrogens is 242 g/mol. The van der Waals surface area contributed by atoms with Crippen LogP contribution in [0.15, 0.2) is 12.1 Å². The Morgan fingerprint density at radius 3 is 2.74 bits per heavy atom. The van der Waals surface area contributed by atoms with Gasteiger partial charge in [-0.05, 0) is 18.6 Å². The molecule has 2 aliphatic rings. The van der Waals surface area contributed by atoms with E-state index in [9.17, 15) is 0 Å². The number of fused-ring (bicyclic) bond motifs is 1. The van der Waals surface area contributed by atoms with Crippen LogP contribution < -0.4 is 20.1 Å². The van der Waals surface area contributed by atoms with Crippen molar-refractivity contribution in [2.45, 2.75) is 6.92 Å². The summed E-state index contributed by atoms with van der Waals surface area (Å²) in [7, 11) is 0. The van der Waals surface area contributed by atoms with Crippen molar-refractivity contribution in [3.05, 3.63) is 17.7 Å². The predicted octanol–water partition coefficient (Wildman–Crippen LogP) is 1.04. The minimum absolute atomic E-state index is 0.332. The molecule has 2 N–H and O–H groups in total. The normalized spacial score (nSPS) is 18.6. The molecule has 2 heterocycles. The number of anilines is 1. The van der Waals surface area contributed by atoms with Gasteiger partial charge in [-0.25, -0.2) is 0 Å². The number of aryl methyl sites for hydroxylation is 1. The van der Waals surface area contributed by atoms with Crippen LogP contribution in [0, 0.1) is 6.92 Å². The fourth-order valence-corrected chi connectivity index (χ4v) is 2.52. The molecule has 19 heavy (non-hydrogen) atoms. The van der Waals surface area contributed by atoms with Crippen molar-refractivity contribution in [3.63, 3.8) is 0 Å². The van der Waals surface area contributed by atoms with E-state index in [0.29, 0.717) is 6.79 Å². The van der Waals surface area contributed by atoms with Gasteiger partial charge >= 0.3 is 0 Å². The maximum absolute atomic E-state index is 5.41. The van der Waals surface area contributed by atoms with Crippen molar-refractivity contribution in [1.29, 1.82) is 0 Å². The molecule has 1 aromatic rings. The van der Waals surface area contributed by atoms with Gasteiger partial charge in [0, 0.05) is 51.0 Å². The van der Waals surface area contributed by atoms with Crippen LogP contribution >= 0.6 is 0 Å². The summed E-state index contributed by atoms with van der Waals surface area (Å²) in [6.07, 6.45) is 0. The summed E-state index contributed by atoms with van der Waals surface area (Å²) in [5.41, 5.74) is 2.34. The minimum Gasteiger partial charge on any atom is -0.454 e. The number of benzene rings is 1. The number of hydrogen-bond donors (Lipinski definition) is 2. The molecule has 1 aromatic carbocycles. The first kappa shape index (κ1) is 12.6. The largest absolute Gasteiger partial charge is 0.454 e. The van der Waals surface area contributed by atoms with E-state index in [1.807, 2.05) is 12.1 Å². The zero-order chi connectivity index (χ0) is 13.1. The maximum Gasteiger partial charge on any atom is 0.231 e. The average Bonchev–Trinajstić information content (AvgIpc) is 2.87. The molecule has 0 amide bonds. The van der Waals surface area contributed by atoms with Crippen LogP contribution in [0.3, 0.4) is 0 Å². The number of nitrogens with zero attached hydrogens (tertiary/aromatic N) is 1. The summed E-state index contributed by atoms with van der Waals surface area (Å²) in [6.45, 7) is 8.94. The number of piperazine rings is 1. The van der Waals surface area contributed by atoms with Crippen LogP contribution in [0.25, 0.3) is 0 Å². The molecule has 5 heteroatoms. The molecule has 0 atom stereocenters. The van der Waals surface area contributed by atoms with Crippen molar-refractivity contribution in [2.24, 2.45) is 0 Å². The monoisotopic (exact) mass is 263 g/mol. The quantitative estimate of drug-likeness (QED) is 0.850. The first-order valence-electron chi connectivity index (χ1n) is 6.90. The molecule has 0 aliphatic carbocycles. The molecule has 5 nitrogen and oxygen atoms in total. The van der Waals surface area contributed by atoms with E-state index >= 15 is 0 Å². The maximum atomic E-state index is 5.41. The smallest absolute Gasteiger partial charge is 0.231 e. The number of nitrogens with one attached hydrogen (secondary N) is 2. The van der Waals surface area contributed by atoms with Gasteiger partial charge in [0.05, 0.1) is 0 Å². The van der Waals surface area contributed by atoms with Gasteiger partial charge in [0.25, 0.3) is 0 Å². The van der Waals surface area contributed by atoms with Crippen LogP contribution in [-0.2, 0) is 0 Å². The van der Waals surface area contributed by atoms with E-state index in [-0.39, 0.29) is 0 Å². The van der Waals surface area contributed by atoms with E-state index in [2.05, 4.69) is 22.5 Å². The molecule has 1 saturated heterocycles. The Kier molecular flexibility index (Phi) is 3.75. The lowest BCUT2D eigenvalue weighted by molar-refractivity contribution is 0.174. The zero-order valence-electron chi connectivity index (χ0n) is 11.4. The van der Waals surface area contributed by atoms with Crippen molar-refractivity contribution in [1.82, 2.24) is 10.2 Å². The average molecular weight is 263 g/mol. The highest BCUT2D eigenvalue weighted by atomic mass is 16.7. The highest BCUT2D eigenvalue weighted by Crippen LogP contribution is 2.36. The van der Waals surface area contributed by atoms with Crippen LogP contribution in [0.5, 0.6) is 11.5 Å². The molecule has 0 aromatic heterocycles. The Morgan fingerprint density at radius 1 is 1.21 bits per heavy atom. The summed E-state index contributed by atoms with van der Waals surface area (Å²) in [4.78, 5) is 2.48. The van der Waals surface area contributed by atoms with Gasteiger partial charge in [-0.1, -0.05) is 0 Å². The Morgan fingerprint density at radius 2 is 1.95 bits per heavy atom. The fraction of sp³-hybridized carbons (Fsp3) is 0.571.